The molecule has 0 fully saturated rings. The van der Waals surface area contributed by atoms with Gasteiger partial charge in [-0.3, -0.25) is 4.79 Å². The number of nitrogens with one attached hydrogen (secondary N) is 1. The largest absolute Gasteiger partial charge is 0.507 e. The third-order valence-electron chi connectivity index (χ3n) is 3.21. The summed E-state index contributed by atoms with van der Waals surface area (Å²) in [5, 5.41) is 12.4. The molecule has 4 nitrogen and oxygen atoms in total. The molecule has 1 aromatic rings. The van der Waals surface area contributed by atoms with Crippen molar-refractivity contribution < 1.29 is 9.90 Å². The van der Waals surface area contributed by atoms with Gasteiger partial charge in [-0.1, -0.05) is 13.8 Å². The van der Waals surface area contributed by atoms with Gasteiger partial charge in [0, 0.05) is 15.7 Å². The lowest BCUT2D eigenvalue weighted by Gasteiger charge is -2.26. The third-order valence-corrected chi connectivity index (χ3v) is 3.88. The highest BCUT2D eigenvalue weighted by atomic mass is 127. The maximum Gasteiger partial charge on any atom is 0.255 e. The molecule has 1 aromatic carbocycles. The van der Waals surface area contributed by atoms with E-state index in [0.29, 0.717) is 6.54 Å². The van der Waals surface area contributed by atoms with Gasteiger partial charge in [0.25, 0.3) is 5.91 Å². The van der Waals surface area contributed by atoms with Crippen molar-refractivity contribution in [3.8, 4) is 5.75 Å². The molecule has 0 saturated heterocycles. The van der Waals surface area contributed by atoms with E-state index in [4.69, 9.17) is 5.73 Å². The number of carbonyl (C=O) groups excluding carboxylic acids is 1. The minimum absolute atomic E-state index is 0.0106. The predicted molar refractivity (Wildman–Crippen MR) is 80.7 cm³/mol. The summed E-state index contributed by atoms with van der Waals surface area (Å²) in [6.07, 6.45) is 1.59. The Morgan fingerprint density at radius 3 is 2.61 bits per heavy atom. The lowest BCUT2D eigenvalue weighted by Crippen LogP contribution is -2.49. The number of carbonyl (C=O) groups is 1. The number of halogens is 1. The Hall–Kier alpha value is -0.820. The monoisotopic (exact) mass is 362 g/mol. The SMILES string of the molecule is CCC(N)(CC)CNC(=O)c1cc(I)ccc1O. The molecule has 0 aliphatic carbocycles. The van der Waals surface area contributed by atoms with Gasteiger partial charge in [0.1, 0.15) is 5.75 Å². The molecule has 0 aliphatic heterocycles. The van der Waals surface area contributed by atoms with Gasteiger partial charge in [0.2, 0.25) is 0 Å². The van der Waals surface area contributed by atoms with Gasteiger partial charge in [-0.25, -0.2) is 0 Å². The molecule has 18 heavy (non-hydrogen) atoms. The standard InChI is InChI=1S/C13H19IN2O2/c1-3-13(15,4-2)8-16-12(18)10-7-9(14)5-6-11(10)17/h5-7,17H,3-4,8,15H2,1-2H3,(H,16,18). The molecule has 0 radical (unpaired) electrons. The van der Waals surface area contributed by atoms with Crippen LogP contribution < -0.4 is 11.1 Å². The zero-order valence-electron chi connectivity index (χ0n) is 10.7. The zero-order chi connectivity index (χ0) is 13.8. The van der Waals surface area contributed by atoms with E-state index < -0.39 is 0 Å². The first-order valence-corrected chi connectivity index (χ1v) is 7.05. The Balaban J connectivity index is 2.74. The van der Waals surface area contributed by atoms with E-state index >= 15 is 0 Å². The molecule has 0 aliphatic rings. The number of amides is 1. The maximum absolute atomic E-state index is 12.0. The zero-order valence-corrected chi connectivity index (χ0v) is 12.8. The summed E-state index contributed by atoms with van der Waals surface area (Å²) in [6.45, 7) is 4.40. The van der Waals surface area contributed by atoms with Gasteiger partial charge in [-0.2, -0.15) is 0 Å². The smallest absolute Gasteiger partial charge is 0.255 e. The van der Waals surface area contributed by atoms with Crippen molar-refractivity contribution in [1.29, 1.82) is 0 Å². The second-order valence-corrected chi connectivity index (χ2v) is 5.66. The molecule has 0 atom stereocenters. The Labute approximate surface area is 121 Å². The molecule has 100 valence electrons. The minimum atomic E-state index is -0.382. The number of hydrogen-bond donors (Lipinski definition) is 3. The van der Waals surface area contributed by atoms with Crippen molar-refractivity contribution in [2.24, 2.45) is 5.73 Å². The van der Waals surface area contributed by atoms with E-state index in [2.05, 4.69) is 27.9 Å². The second-order valence-electron chi connectivity index (χ2n) is 4.41. The van der Waals surface area contributed by atoms with Gasteiger partial charge in [-0.15, -0.1) is 0 Å². The Kier molecular flexibility index (Phi) is 5.40. The number of phenols is 1. The number of rotatable bonds is 5. The number of benzene rings is 1. The van der Waals surface area contributed by atoms with Crippen LogP contribution in [0.1, 0.15) is 37.0 Å². The summed E-state index contributed by atoms with van der Waals surface area (Å²) < 4.78 is 0.903. The number of nitrogens with two attached hydrogens (primary N) is 1. The Morgan fingerprint density at radius 1 is 1.44 bits per heavy atom. The second kappa shape index (κ2) is 6.38. The highest BCUT2D eigenvalue weighted by Crippen LogP contribution is 2.19. The van der Waals surface area contributed by atoms with Gasteiger partial charge >= 0.3 is 0 Å². The van der Waals surface area contributed by atoms with Crippen molar-refractivity contribution in [3.63, 3.8) is 0 Å². The van der Waals surface area contributed by atoms with Crippen molar-refractivity contribution in [2.45, 2.75) is 32.2 Å². The van der Waals surface area contributed by atoms with E-state index in [-0.39, 0.29) is 22.8 Å². The van der Waals surface area contributed by atoms with Crippen LogP contribution in [-0.4, -0.2) is 23.1 Å². The topological polar surface area (TPSA) is 75.3 Å². The molecule has 0 saturated carbocycles. The molecule has 0 heterocycles. The van der Waals surface area contributed by atoms with Gasteiger partial charge < -0.3 is 16.2 Å². The first kappa shape index (κ1) is 15.2. The minimum Gasteiger partial charge on any atom is -0.507 e. The molecule has 1 amide bonds. The average Bonchev–Trinajstić information content (AvgIpc) is 2.38. The molecule has 0 spiro atoms. The number of hydrogen-bond acceptors (Lipinski definition) is 3. The molecule has 1 rings (SSSR count). The van der Waals surface area contributed by atoms with Crippen molar-refractivity contribution in [3.05, 3.63) is 27.3 Å². The van der Waals surface area contributed by atoms with Crippen molar-refractivity contribution in [1.82, 2.24) is 5.32 Å². The Morgan fingerprint density at radius 2 is 2.06 bits per heavy atom. The van der Waals surface area contributed by atoms with Crippen LogP contribution in [-0.2, 0) is 0 Å². The van der Waals surface area contributed by atoms with Crippen LogP contribution in [0.25, 0.3) is 0 Å². The normalized spacial score (nSPS) is 11.3. The maximum atomic E-state index is 12.0. The van der Waals surface area contributed by atoms with E-state index in [9.17, 15) is 9.90 Å². The summed E-state index contributed by atoms with van der Waals surface area (Å²) in [5.74, 6) is -0.300. The summed E-state index contributed by atoms with van der Waals surface area (Å²) in [5.41, 5.74) is 6.02. The van der Waals surface area contributed by atoms with Crippen LogP contribution in [0.15, 0.2) is 18.2 Å². The van der Waals surface area contributed by atoms with Crippen LogP contribution in [0.3, 0.4) is 0 Å². The lowest BCUT2D eigenvalue weighted by molar-refractivity contribution is 0.0939. The van der Waals surface area contributed by atoms with Crippen molar-refractivity contribution in [2.75, 3.05) is 6.54 Å². The van der Waals surface area contributed by atoms with Crippen LogP contribution in [0.2, 0.25) is 0 Å². The summed E-state index contributed by atoms with van der Waals surface area (Å²) in [7, 11) is 0. The molecule has 4 N–H and O–H groups in total. The van der Waals surface area contributed by atoms with E-state index in [1.165, 1.54) is 6.07 Å². The predicted octanol–water partition coefficient (Wildman–Crippen LogP) is 2.24. The fourth-order valence-corrected chi connectivity index (χ4v) is 2.03. The molecular weight excluding hydrogens is 343 g/mol. The van der Waals surface area contributed by atoms with Crippen LogP contribution in [0.4, 0.5) is 0 Å². The highest BCUT2D eigenvalue weighted by molar-refractivity contribution is 14.1. The molecule has 0 aromatic heterocycles. The molecule has 0 unspecified atom stereocenters. The summed E-state index contributed by atoms with van der Waals surface area (Å²) in [4.78, 5) is 12.0. The molecular formula is C13H19IN2O2. The fraction of sp³-hybridized carbons (Fsp3) is 0.462. The lowest BCUT2D eigenvalue weighted by atomic mass is 9.94. The first-order chi connectivity index (χ1) is 8.41. The van der Waals surface area contributed by atoms with E-state index in [1.807, 2.05) is 13.8 Å². The Bertz CT molecular complexity index is 431. The number of aromatic hydroxyl groups is 1. The van der Waals surface area contributed by atoms with Gasteiger partial charge in [0.15, 0.2) is 0 Å². The quantitative estimate of drug-likeness (QED) is 0.704. The first-order valence-electron chi connectivity index (χ1n) is 5.97. The van der Waals surface area contributed by atoms with Crippen LogP contribution in [0.5, 0.6) is 5.75 Å². The molecule has 0 bridgehead atoms. The summed E-state index contributed by atoms with van der Waals surface area (Å²) in [6, 6.07) is 4.92. The van der Waals surface area contributed by atoms with Crippen LogP contribution in [0, 0.1) is 3.57 Å². The van der Waals surface area contributed by atoms with Crippen molar-refractivity contribution >= 4 is 28.5 Å². The fourth-order valence-electron chi connectivity index (χ4n) is 1.54. The third kappa shape index (κ3) is 3.84. The van der Waals surface area contributed by atoms with Gasteiger partial charge in [-0.05, 0) is 53.6 Å². The van der Waals surface area contributed by atoms with E-state index in [1.54, 1.807) is 12.1 Å². The van der Waals surface area contributed by atoms with Crippen LogP contribution >= 0.6 is 22.6 Å². The number of phenolic OH excluding ortho intramolecular Hbond substituents is 1. The van der Waals surface area contributed by atoms with E-state index in [0.717, 1.165) is 16.4 Å². The average molecular weight is 362 g/mol. The molecule has 5 heteroatoms. The highest BCUT2D eigenvalue weighted by Gasteiger charge is 2.22. The van der Waals surface area contributed by atoms with Gasteiger partial charge in [0.05, 0.1) is 5.56 Å². The summed E-state index contributed by atoms with van der Waals surface area (Å²) >= 11 is 2.10.